The number of aliphatic hydroxyl groups excluding tert-OH is 1. The summed E-state index contributed by atoms with van der Waals surface area (Å²) < 4.78 is 0. The monoisotopic (exact) mass is 1570 g/mol. The summed E-state index contributed by atoms with van der Waals surface area (Å²) in [5, 5.41) is 83.9. The maximum absolute atomic E-state index is 15.2. The first-order chi connectivity index (χ1) is 53.2. The molecule has 2 aromatic heterocycles. The van der Waals surface area contributed by atoms with Crippen LogP contribution in [0, 0.1) is 11.3 Å². The summed E-state index contributed by atoms with van der Waals surface area (Å²) in [6.45, 7) is 5.08. The number of primary amides is 1. The molecular weight excluding hydrogens is 1470 g/mol. The maximum Gasteiger partial charge on any atom is 0.305 e. The second kappa shape index (κ2) is 42.1. The molecule has 4 aromatic carbocycles. The number of H-pyrrole nitrogens is 2. The number of thioether (sulfide) groups is 1. The lowest BCUT2D eigenvalue weighted by Crippen LogP contribution is -2.62. The molecule has 1 aliphatic rings. The number of aliphatic hydroxyl groups is 1. The van der Waals surface area contributed by atoms with Crippen molar-refractivity contribution < 1.29 is 87.5 Å². The highest BCUT2D eigenvalue weighted by Gasteiger charge is 2.39. The van der Waals surface area contributed by atoms with E-state index in [-0.39, 0.29) is 80.2 Å². The third-order valence-corrected chi connectivity index (χ3v) is 18.9. The van der Waals surface area contributed by atoms with Crippen molar-refractivity contribution in [2.24, 2.45) is 17.4 Å². The van der Waals surface area contributed by atoms with Gasteiger partial charge in [-0.2, -0.15) is 11.8 Å². The first-order valence-electron chi connectivity index (χ1n) is 36.3. The molecule has 0 saturated carbocycles. The number of fused-ring (bicyclic) bond motifs is 2. The van der Waals surface area contributed by atoms with E-state index in [9.17, 15) is 78.0 Å². The summed E-state index contributed by atoms with van der Waals surface area (Å²) in [6.07, 6.45) is -1.03. The zero-order valence-electron chi connectivity index (χ0n) is 62.4. The lowest BCUT2D eigenvalue weighted by atomic mass is 9.99. The number of guanidine groups is 1. The number of benzene rings is 4. The molecule has 0 radical (unpaired) electrons. The van der Waals surface area contributed by atoms with E-state index < -0.39 is 194 Å². The van der Waals surface area contributed by atoms with Crippen molar-refractivity contribution in [2.75, 3.05) is 25.1 Å². The molecule has 0 bridgehead atoms. The Hall–Kier alpha value is -12.3. The van der Waals surface area contributed by atoms with Crippen molar-refractivity contribution >= 4 is 122 Å². The summed E-state index contributed by atoms with van der Waals surface area (Å²) in [5.41, 5.74) is 13.8. The van der Waals surface area contributed by atoms with Crippen molar-refractivity contribution in [3.63, 3.8) is 0 Å². The van der Waals surface area contributed by atoms with Gasteiger partial charge in [-0.25, -0.2) is 0 Å². The van der Waals surface area contributed by atoms with Gasteiger partial charge in [0.15, 0.2) is 5.96 Å². The molecule has 602 valence electrons. The van der Waals surface area contributed by atoms with Crippen LogP contribution in [0.1, 0.15) is 94.9 Å². The SMILES string of the molecule is CSCC[C@@H]1NC(=O)[C@H](C)NC(=O)[C@H](CCCNC(=N)N)NC(=O)CNC(=O)[C@H](Cc2ccc(O)cc2)NC(=O)[C@H](CC(C)C)NC(=O)[C@H](Cc2c[nH]c3ccccc23)NC(=O)[C@H](Cc2ccc(O)cc2)NC(=O)[C@H](CC(=O)O)NC(=O)[C@H](CCC(N)=O)NC(=O)[C@H](Cc2c[nH]c3ccccc23)NC(=O)[C@H]([C@@H](C)O)NC1=O. The summed E-state index contributed by atoms with van der Waals surface area (Å²) >= 11 is 1.27. The number of phenolic OH excluding ortho intramolecular Hbond substituents is 2. The Labute approximate surface area is 648 Å². The number of aromatic amines is 2. The molecular formula is C75H98N18O18S. The molecule has 3 heterocycles. The Bertz CT molecular complexity index is 4360. The van der Waals surface area contributed by atoms with Gasteiger partial charge >= 0.3 is 5.97 Å². The number of aromatic hydroxyl groups is 2. The average molecular weight is 1570 g/mol. The Morgan fingerprint density at radius 3 is 1.43 bits per heavy atom. The minimum Gasteiger partial charge on any atom is -0.508 e. The fraction of sp³-hybridized carbons (Fsp3) is 0.427. The number of nitrogens with two attached hydrogens (primary N) is 2. The highest BCUT2D eigenvalue weighted by Crippen LogP contribution is 2.23. The fourth-order valence-electron chi connectivity index (χ4n) is 12.3. The second-order valence-corrected chi connectivity index (χ2v) is 28.6. The predicted molar refractivity (Wildman–Crippen MR) is 412 cm³/mol. The number of para-hydroxylation sites is 2. The molecule has 1 saturated heterocycles. The Morgan fingerprint density at radius 2 is 0.929 bits per heavy atom. The molecule has 36 nitrogen and oxygen atoms in total. The van der Waals surface area contributed by atoms with Crippen molar-refractivity contribution in [1.82, 2.24) is 79.1 Å². The largest absolute Gasteiger partial charge is 0.508 e. The van der Waals surface area contributed by atoms with Gasteiger partial charge in [0.25, 0.3) is 0 Å². The molecule has 0 aliphatic carbocycles. The van der Waals surface area contributed by atoms with Gasteiger partial charge in [-0.3, -0.25) is 72.5 Å². The van der Waals surface area contributed by atoms with Gasteiger partial charge < -0.3 is 111 Å². The Morgan fingerprint density at radius 1 is 0.509 bits per heavy atom. The summed E-state index contributed by atoms with van der Waals surface area (Å²) in [5.74, 6) is -16.3. The number of nitrogens with one attached hydrogen (secondary N) is 16. The van der Waals surface area contributed by atoms with E-state index in [0.29, 0.717) is 38.5 Å². The maximum atomic E-state index is 15.2. The van der Waals surface area contributed by atoms with Gasteiger partial charge in [-0.1, -0.05) is 74.5 Å². The van der Waals surface area contributed by atoms with E-state index in [1.165, 1.54) is 73.4 Å². The summed E-state index contributed by atoms with van der Waals surface area (Å²) in [7, 11) is 0. The van der Waals surface area contributed by atoms with Crippen LogP contribution in [-0.4, -0.2) is 217 Å². The van der Waals surface area contributed by atoms with Crippen LogP contribution < -0.4 is 80.6 Å². The van der Waals surface area contributed by atoms with E-state index in [1.807, 2.05) is 0 Å². The quantitative estimate of drug-likeness (QED) is 0.0187. The number of carbonyl (C=O) groups excluding carboxylic acids is 13. The molecule has 6 aromatic rings. The standard InChI is InChI=1S/C75H98N18O18S/c1-38(2)29-54-69(106)88-55(30-41-16-20-45(95)21-17-41)65(102)82-37-61(98)84-51(15-10-27-79-75(77)78)66(103)83-39(3)64(101)85-53(26-28-112-5)68(105)93-63(40(4)94)74(111)92-58(33-44-36-81-50-14-9-7-12-48(44)50)71(108)86-52(24-25-60(76)97)67(104)91-59(34-62(99)100)73(110)89-56(31-42-18-22-46(96)23-19-42)70(107)90-57(72(109)87-54)32-43-35-80-49-13-8-6-11-47(43)49/h6-9,11-14,16-23,35-36,38-40,51-59,63,80-81,94-96H,10,15,24-34,37H2,1-5H3,(H2,76,97)(H,82,102)(H,83,103)(H,84,98)(H,85,101)(H,86,108)(H,87,109)(H,88,106)(H,89,110)(H,90,107)(H,91,104)(H,92,111)(H,93,105)(H,99,100)(H4,77,78,79)/t39-,40+,51-,52-,53-,54-,55-,56-,57-,58-,59-,63-/m0/s1. The van der Waals surface area contributed by atoms with Gasteiger partial charge in [0.2, 0.25) is 76.8 Å². The van der Waals surface area contributed by atoms with Crippen LogP contribution in [0.4, 0.5) is 0 Å². The van der Waals surface area contributed by atoms with E-state index in [2.05, 4.69) is 79.1 Å². The van der Waals surface area contributed by atoms with Gasteiger partial charge in [0, 0.05) is 72.8 Å². The normalized spacial score (nSPS) is 22.7. The molecule has 12 atom stereocenters. The lowest BCUT2D eigenvalue weighted by molar-refractivity contribution is -0.141. The van der Waals surface area contributed by atoms with Crippen LogP contribution in [-0.2, 0) is 92.8 Å². The smallest absolute Gasteiger partial charge is 0.305 e. The average Bonchev–Trinajstić information content (AvgIpc) is 1.63. The molecule has 24 N–H and O–H groups in total. The van der Waals surface area contributed by atoms with Crippen LogP contribution >= 0.6 is 11.8 Å². The lowest BCUT2D eigenvalue weighted by Gasteiger charge is -2.29. The van der Waals surface area contributed by atoms with E-state index in [1.54, 1.807) is 74.8 Å². The van der Waals surface area contributed by atoms with Crippen LogP contribution in [0.2, 0.25) is 0 Å². The second-order valence-electron chi connectivity index (χ2n) is 27.6. The fourth-order valence-corrected chi connectivity index (χ4v) is 12.8. The highest BCUT2D eigenvalue weighted by molar-refractivity contribution is 7.98. The van der Waals surface area contributed by atoms with Gasteiger partial charge in [-0.15, -0.1) is 0 Å². The topological polar surface area (TPSA) is 584 Å². The predicted octanol–water partition coefficient (Wildman–Crippen LogP) is -2.00. The molecule has 0 unspecified atom stereocenters. The number of phenols is 2. The first kappa shape index (κ1) is 87.0. The van der Waals surface area contributed by atoms with Crippen molar-refractivity contribution in [3.8, 4) is 11.5 Å². The van der Waals surface area contributed by atoms with E-state index in [0.717, 1.165) is 6.92 Å². The minimum absolute atomic E-state index is 0.0331. The summed E-state index contributed by atoms with van der Waals surface area (Å²) in [6, 6.07) is 6.18. The number of carboxylic acid groups (broad SMARTS) is 1. The number of hydrogen-bond acceptors (Lipinski definition) is 19. The minimum atomic E-state index is -2.11. The van der Waals surface area contributed by atoms with Gasteiger partial charge in [-0.05, 0) is 123 Å². The van der Waals surface area contributed by atoms with Gasteiger partial charge in [0.05, 0.1) is 19.1 Å². The number of aromatic nitrogens is 2. The van der Waals surface area contributed by atoms with Crippen LogP contribution in [0.3, 0.4) is 0 Å². The zero-order chi connectivity index (χ0) is 81.9. The Kier molecular flexibility index (Phi) is 32.6. The van der Waals surface area contributed by atoms with E-state index >= 15 is 9.59 Å². The third-order valence-electron chi connectivity index (χ3n) is 18.3. The molecule has 1 aliphatic heterocycles. The number of carboxylic acids is 1. The molecule has 7 rings (SSSR count). The number of carbonyl (C=O) groups is 14. The van der Waals surface area contributed by atoms with Gasteiger partial charge in [0.1, 0.15) is 78.0 Å². The number of hydrogen-bond donors (Lipinski definition) is 22. The molecule has 37 heteroatoms. The Balaban J connectivity index is 1.32. The first-order valence-corrected chi connectivity index (χ1v) is 37.7. The van der Waals surface area contributed by atoms with Crippen molar-refractivity contribution in [2.45, 2.75) is 171 Å². The van der Waals surface area contributed by atoms with Crippen molar-refractivity contribution in [1.29, 1.82) is 5.41 Å². The third kappa shape index (κ3) is 26.8. The highest BCUT2D eigenvalue weighted by atomic mass is 32.2. The van der Waals surface area contributed by atoms with E-state index in [4.69, 9.17) is 16.9 Å². The summed E-state index contributed by atoms with van der Waals surface area (Å²) in [4.78, 5) is 207. The van der Waals surface area contributed by atoms with Crippen LogP contribution in [0.15, 0.2) is 109 Å². The zero-order valence-corrected chi connectivity index (χ0v) is 63.2. The van der Waals surface area contributed by atoms with Crippen molar-refractivity contribution in [3.05, 3.63) is 132 Å². The number of rotatable bonds is 23. The molecule has 1 fully saturated rings. The molecule has 13 amide bonds. The molecule has 112 heavy (non-hydrogen) atoms. The van der Waals surface area contributed by atoms with Crippen LogP contribution in [0.25, 0.3) is 21.8 Å². The van der Waals surface area contributed by atoms with Crippen LogP contribution in [0.5, 0.6) is 11.5 Å². The molecule has 0 spiro atoms. The number of aliphatic carboxylic acids is 1. The number of amides is 13.